The molecule has 0 radical (unpaired) electrons. The molecule has 2 aliphatic carbocycles. The first-order chi connectivity index (χ1) is 22.6. The van der Waals surface area contributed by atoms with Crippen LogP contribution in [0.2, 0.25) is 0 Å². The Morgan fingerprint density at radius 1 is 0.812 bits per heavy atom. The minimum Gasteiger partial charge on any atom is -0.508 e. The average molecular weight is 770 g/mol. The van der Waals surface area contributed by atoms with E-state index in [1.54, 1.807) is 30.3 Å². The van der Waals surface area contributed by atoms with Gasteiger partial charge < -0.3 is 5.11 Å². The molecule has 48 heavy (non-hydrogen) atoms. The third kappa shape index (κ3) is 4.10. The highest BCUT2D eigenvalue weighted by molar-refractivity contribution is 9.10. The number of halogens is 8. The third-order valence-electron chi connectivity index (χ3n) is 9.86. The maximum atomic E-state index is 15.2. The van der Waals surface area contributed by atoms with E-state index >= 15 is 8.78 Å². The van der Waals surface area contributed by atoms with Crippen molar-refractivity contribution in [1.82, 2.24) is 0 Å². The molecular formula is C33H20BrCl2F5N2O5. The second kappa shape index (κ2) is 10.8. The van der Waals surface area contributed by atoms with Gasteiger partial charge >= 0.3 is 0 Å². The Labute approximate surface area is 287 Å². The van der Waals surface area contributed by atoms with Crippen LogP contribution in [-0.4, -0.2) is 38.5 Å². The number of benzene rings is 3. The van der Waals surface area contributed by atoms with Gasteiger partial charge in [0.05, 0.1) is 17.5 Å². The van der Waals surface area contributed by atoms with Gasteiger partial charge in [-0.05, 0) is 67.1 Å². The summed E-state index contributed by atoms with van der Waals surface area (Å²) in [5.74, 6) is -21.2. The number of phenolic OH excluding ortho intramolecular Hbond substituents is 1. The molecule has 15 heteroatoms. The Bertz CT molecular complexity index is 2020. The first-order valence-corrected chi connectivity index (χ1v) is 16.0. The number of aromatic hydroxyl groups is 1. The average Bonchev–Trinajstić information content (AvgIpc) is 3.39. The molecular weight excluding hydrogens is 750 g/mol. The highest BCUT2D eigenvalue weighted by Crippen LogP contribution is 2.66. The standard InChI is InChI=1S/C33H20BrCl2F5N2O5/c1-12-10-13(2-9-19(12)44)21-16-7-8-17-20(29(46)42(28(17)45)15-5-3-14(34)4-6-15)18(16)11-32(35)30(47)43(31(48)33(21,32)36)27-25(40)23(38)22(37)24(39)26(27)41/h2-7,9-10,17-18,20-21,44H,8,11H2,1H3. The fourth-order valence-electron chi connectivity index (χ4n) is 7.64. The van der Waals surface area contributed by atoms with Gasteiger partial charge in [0.15, 0.2) is 33.0 Å². The van der Waals surface area contributed by atoms with Gasteiger partial charge in [-0.1, -0.05) is 39.7 Å². The van der Waals surface area contributed by atoms with Gasteiger partial charge in [0.1, 0.15) is 11.4 Å². The number of hydrogen-bond donors (Lipinski definition) is 1. The number of allylic oxidation sites excluding steroid dienone is 2. The number of rotatable bonds is 3. The summed E-state index contributed by atoms with van der Waals surface area (Å²) in [6, 6.07) is 10.5. The quantitative estimate of drug-likeness (QED) is 0.0780. The van der Waals surface area contributed by atoms with Crippen LogP contribution in [-0.2, 0) is 19.2 Å². The van der Waals surface area contributed by atoms with E-state index in [9.17, 15) is 37.5 Å². The number of alkyl halides is 2. The summed E-state index contributed by atoms with van der Waals surface area (Å²) in [5, 5.41) is 10.3. The molecule has 1 saturated carbocycles. The van der Waals surface area contributed by atoms with Crippen molar-refractivity contribution in [1.29, 1.82) is 0 Å². The summed E-state index contributed by atoms with van der Waals surface area (Å²) in [5.41, 5.74) is -0.762. The zero-order valence-corrected chi connectivity index (χ0v) is 27.4. The molecule has 7 nitrogen and oxygen atoms in total. The molecule has 4 aliphatic rings. The van der Waals surface area contributed by atoms with Crippen LogP contribution < -0.4 is 9.80 Å². The minimum atomic E-state index is -2.64. The third-order valence-corrected chi connectivity index (χ3v) is 11.8. The number of imide groups is 2. The molecule has 0 bridgehead atoms. The number of nitrogens with zero attached hydrogens (tertiary/aromatic N) is 2. The minimum absolute atomic E-state index is 0.00735. The number of aryl methyl sites for hydroxylation is 1. The van der Waals surface area contributed by atoms with Crippen LogP contribution >= 0.6 is 39.1 Å². The molecule has 4 amide bonds. The van der Waals surface area contributed by atoms with Crippen molar-refractivity contribution >= 4 is 74.1 Å². The fraction of sp³-hybridized carbons (Fsp3) is 0.273. The Morgan fingerprint density at radius 3 is 2.02 bits per heavy atom. The number of hydrogen-bond acceptors (Lipinski definition) is 5. The summed E-state index contributed by atoms with van der Waals surface area (Å²) >= 11 is 17.5. The van der Waals surface area contributed by atoms with E-state index < -0.39 is 98.2 Å². The lowest BCUT2D eigenvalue weighted by Gasteiger charge is -2.50. The second-order valence-electron chi connectivity index (χ2n) is 12.2. The molecule has 6 unspecified atom stereocenters. The van der Waals surface area contributed by atoms with Crippen LogP contribution in [0.4, 0.5) is 33.3 Å². The lowest BCUT2D eigenvalue weighted by Crippen LogP contribution is -2.60. The number of phenols is 1. The van der Waals surface area contributed by atoms with Crippen LogP contribution in [0.5, 0.6) is 5.75 Å². The lowest BCUT2D eigenvalue weighted by molar-refractivity contribution is -0.125. The van der Waals surface area contributed by atoms with E-state index in [1.165, 1.54) is 25.1 Å². The summed E-state index contributed by atoms with van der Waals surface area (Å²) in [6.45, 7) is 1.53. The SMILES string of the molecule is Cc1cc(C2C3=CCC4C(=O)N(c5ccc(Br)cc5)C(=O)C4C3CC3(Cl)C(=O)N(c4c(F)c(F)c(F)c(F)c4F)C(=O)C23Cl)ccc1O. The Kier molecular flexibility index (Phi) is 7.39. The van der Waals surface area contributed by atoms with Crippen LogP contribution in [0.25, 0.3) is 0 Å². The van der Waals surface area contributed by atoms with Crippen molar-refractivity contribution in [3.63, 3.8) is 0 Å². The molecule has 7 rings (SSSR count). The van der Waals surface area contributed by atoms with Crippen molar-refractivity contribution < 1.29 is 46.2 Å². The second-order valence-corrected chi connectivity index (χ2v) is 14.4. The molecule has 6 atom stereocenters. The van der Waals surface area contributed by atoms with Gasteiger partial charge in [0, 0.05) is 10.4 Å². The fourth-order valence-corrected chi connectivity index (χ4v) is 8.84. The highest BCUT2D eigenvalue weighted by atomic mass is 79.9. The number of carbonyl (C=O) groups is 4. The summed E-state index contributed by atoms with van der Waals surface area (Å²) in [7, 11) is 0. The van der Waals surface area contributed by atoms with Crippen LogP contribution in [0.1, 0.15) is 29.9 Å². The van der Waals surface area contributed by atoms with Gasteiger partial charge in [0.2, 0.25) is 17.6 Å². The van der Waals surface area contributed by atoms with E-state index in [1.807, 2.05) is 0 Å². The molecule has 2 saturated heterocycles. The van der Waals surface area contributed by atoms with Gasteiger partial charge in [-0.2, -0.15) is 0 Å². The molecule has 3 aromatic rings. The Morgan fingerprint density at radius 2 is 1.42 bits per heavy atom. The van der Waals surface area contributed by atoms with Crippen molar-refractivity contribution in [3.8, 4) is 5.75 Å². The van der Waals surface area contributed by atoms with Crippen LogP contribution in [0.15, 0.2) is 58.6 Å². The van der Waals surface area contributed by atoms with Crippen molar-refractivity contribution in [2.24, 2.45) is 17.8 Å². The molecule has 3 aromatic carbocycles. The highest BCUT2D eigenvalue weighted by Gasteiger charge is 2.77. The van der Waals surface area contributed by atoms with E-state index in [0.29, 0.717) is 15.6 Å². The topological polar surface area (TPSA) is 95.0 Å². The van der Waals surface area contributed by atoms with Crippen molar-refractivity contribution in [2.45, 2.75) is 35.4 Å². The van der Waals surface area contributed by atoms with Crippen LogP contribution in [0, 0.1) is 53.8 Å². The largest absolute Gasteiger partial charge is 0.508 e. The molecule has 0 spiro atoms. The number of anilines is 2. The Balaban J connectivity index is 1.43. The van der Waals surface area contributed by atoms with E-state index in [-0.39, 0.29) is 28.3 Å². The number of amides is 4. The zero-order chi connectivity index (χ0) is 34.8. The van der Waals surface area contributed by atoms with E-state index in [0.717, 1.165) is 4.90 Å². The number of carbonyl (C=O) groups excluding carboxylic acids is 4. The normalized spacial score (nSPS) is 29.6. The smallest absolute Gasteiger partial charge is 0.258 e. The maximum absolute atomic E-state index is 15.2. The summed E-state index contributed by atoms with van der Waals surface area (Å²) in [4.78, 5) is 51.9. The maximum Gasteiger partial charge on any atom is 0.258 e. The molecule has 0 aromatic heterocycles. The molecule has 2 aliphatic heterocycles. The summed E-state index contributed by atoms with van der Waals surface area (Å²) < 4.78 is 73.7. The molecule has 2 heterocycles. The van der Waals surface area contributed by atoms with Crippen molar-refractivity contribution in [3.05, 3.63) is 98.8 Å². The first kappa shape index (κ1) is 32.7. The van der Waals surface area contributed by atoms with Gasteiger partial charge in [-0.3, -0.25) is 24.1 Å². The predicted molar refractivity (Wildman–Crippen MR) is 166 cm³/mol. The van der Waals surface area contributed by atoms with Gasteiger partial charge in [-0.15, -0.1) is 23.2 Å². The number of fused-ring (bicyclic) bond motifs is 4. The molecule has 248 valence electrons. The van der Waals surface area contributed by atoms with E-state index in [4.69, 9.17) is 23.2 Å². The van der Waals surface area contributed by atoms with Gasteiger partial charge in [0.25, 0.3) is 11.8 Å². The van der Waals surface area contributed by atoms with E-state index in [2.05, 4.69) is 15.9 Å². The first-order valence-electron chi connectivity index (χ1n) is 14.5. The van der Waals surface area contributed by atoms with Gasteiger partial charge in [-0.25, -0.2) is 26.9 Å². The summed E-state index contributed by atoms with van der Waals surface area (Å²) in [6.07, 6.45) is 1.00. The van der Waals surface area contributed by atoms with Crippen molar-refractivity contribution in [2.75, 3.05) is 9.80 Å². The Hall–Kier alpha value is -3.81. The zero-order valence-electron chi connectivity index (χ0n) is 24.3. The lowest BCUT2D eigenvalue weighted by atomic mass is 9.56. The predicted octanol–water partition coefficient (Wildman–Crippen LogP) is 6.93. The monoisotopic (exact) mass is 768 g/mol. The van der Waals surface area contributed by atoms with Crippen LogP contribution in [0.3, 0.4) is 0 Å². The molecule has 3 fully saturated rings. The molecule has 1 N–H and O–H groups in total.